The molecule has 3 aromatic rings. The van der Waals surface area contributed by atoms with E-state index in [-0.39, 0.29) is 17.1 Å². The molecular weight excluding hydrogens is 394 g/mol. The minimum atomic E-state index is -3.85. The number of nitrogens with one attached hydrogen (secondary N) is 1. The number of carbonyl (C=O) groups is 1. The highest BCUT2D eigenvalue weighted by Crippen LogP contribution is 2.29. The highest BCUT2D eigenvalue weighted by atomic mass is 32.2. The first-order valence-electron chi connectivity index (χ1n) is 8.44. The van der Waals surface area contributed by atoms with Crippen molar-refractivity contribution in [2.45, 2.75) is 28.2 Å². The van der Waals surface area contributed by atoms with Crippen LogP contribution < -0.4 is 10.5 Å². The fourth-order valence-corrected chi connectivity index (χ4v) is 4.31. The lowest BCUT2D eigenvalue weighted by molar-refractivity contribution is -0.117. The van der Waals surface area contributed by atoms with E-state index in [4.69, 9.17) is 5.73 Å². The normalized spacial score (nSPS) is 11.2. The van der Waals surface area contributed by atoms with Gasteiger partial charge in [0.05, 0.1) is 11.3 Å². The Hall–Kier alpha value is -2.84. The molecular formula is C20H19N3O3S2. The SMILES string of the molecule is Cc1ccc(S(=O)(=O)Nc2nc(Sc3ccccc3)ccc2CC(N)=O)cc1. The van der Waals surface area contributed by atoms with E-state index in [0.29, 0.717) is 10.6 Å². The van der Waals surface area contributed by atoms with Gasteiger partial charge in [-0.1, -0.05) is 53.7 Å². The summed E-state index contributed by atoms with van der Waals surface area (Å²) in [5.74, 6) is -0.471. The van der Waals surface area contributed by atoms with Crippen LogP contribution in [0.4, 0.5) is 5.82 Å². The van der Waals surface area contributed by atoms with Crippen molar-refractivity contribution < 1.29 is 13.2 Å². The third kappa shape index (κ3) is 5.11. The highest BCUT2D eigenvalue weighted by Gasteiger charge is 2.18. The van der Waals surface area contributed by atoms with Gasteiger partial charge in [0.1, 0.15) is 10.8 Å². The van der Waals surface area contributed by atoms with E-state index in [9.17, 15) is 13.2 Å². The van der Waals surface area contributed by atoms with Crippen molar-refractivity contribution in [3.63, 3.8) is 0 Å². The molecule has 1 aromatic heterocycles. The van der Waals surface area contributed by atoms with Gasteiger partial charge in [-0.05, 0) is 37.3 Å². The molecule has 144 valence electrons. The molecule has 6 nitrogen and oxygen atoms in total. The maximum atomic E-state index is 12.7. The number of aromatic nitrogens is 1. The molecule has 0 fully saturated rings. The number of nitrogens with zero attached hydrogens (tertiary/aromatic N) is 1. The van der Waals surface area contributed by atoms with Crippen molar-refractivity contribution >= 4 is 33.5 Å². The molecule has 0 aliphatic rings. The molecule has 0 spiro atoms. The smallest absolute Gasteiger partial charge is 0.263 e. The zero-order valence-electron chi connectivity index (χ0n) is 15.1. The van der Waals surface area contributed by atoms with Crippen LogP contribution in [0.15, 0.2) is 81.5 Å². The van der Waals surface area contributed by atoms with Gasteiger partial charge in [-0.25, -0.2) is 13.4 Å². The molecule has 0 atom stereocenters. The predicted octanol–water partition coefficient (Wildman–Crippen LogP) is 3.37. The summed E-state index contributed by atoms with van der Waals surface area (Å²) in [5, 5.41) is 0.598. The summed E-state index contributed by atoms with van der Waals surface area (Å²) in [4.78, 5) is 16.9. The van der Waals surface area contributed by atoms with Gasteiger partial charge >= 0.3 is 0 Å². The number of aryl methyl sites for hydroxylation is 1. The number of hydrogen-bond acceptors (Lipinski definition) is 5. The summed E-state index contributed by atoms with van der Waals surface area (Å²) in [6.07, 6.45) is -0.116. The fraction of sp³-hybridized carbons (Fsp3) is 0.100. The minimum Gasteiger partial charge on any atom is -0.369 e. The number of pyridine rings is 1. The van der Waals surface area contributed by atoms with Gasteiger partial charge in [0, 0.05) is 10.5 Å². The Kier molecular flexibility index (Phi) is 6.01. The first kappa shape index (κ1) is 19.9. The van der Waals surface area contributed by atoms with Crippen LogP contribution in [-0.4, -0.2) is 19.3 Å². The van der Waals surface area contributed by atoms with E-state index < -0.39 is 15.9 Å². The van der Waals surface area contributed by atoms with Crippen molar-refractivity contribution in [1.29, 1.82) is 0 Å². The van der Waals surface area contributed by atoms with E-state index in [1.165, 1.54) is 23.9 Å². The Labute approximate surface area is 168 Å². The molecule has 2 aromatic carbocycles. The average Bonchev–Trinajstić information content (AvgIpc) is 2.64. The molecule has 0 bridgehead atoms. The molecule has 3 rings (SSSR count). The predicted molar refractivity (Wildman–Crippen MR) is 110 cm³/mol. The van der Waals surface area contributed by atoms with Gasteiger partial charge in [-0.2, -0.15) is 0 Å². The van der Waals surface area contributed by atoms with E-state index in [0.717, 1.165) is 10.5 Å². The van der Waals surface area contributed by atoms with Crippen molar-refractivity contribution in [3.8, 4) is 0 Å². The maximum absolute atomic E-state index is 12.7. The second kappa shape index (κ2) is 8.45. The van der Waals surface area contributed by atoms with Crippen LogP contribution in [0.5, 0.6) is 0 Å². The van der Waals surface area contributed by atoms with Gasteiger partial charge in [-0.3, -0.25) is 9.52 Å². The molecule has 3 N–H and O–H groups in total. The number of carbonyl (C=O) groups excluding carboxylic acids is 1. The molecule has 8 heteroatoms. The molecule has 0 aliphatic carbocycles. The molecule has 1 amide bonds. The summed E-state index contributed by atoms with van der Waals surface area (Å²) in [7, 11) is -3.85. The van der Waals surface area contributed by atoms with E-state index in [2.05, 4.69) is 9.71 Å². The van der Waals surface area contributed by atoms with Gasteiger partial charge < -0.3 is 5.73 Å². The van der Waals surface area contributed by atoms with Gasteiger partial charge in [0.15, 0.2) is 0 Å². The van der Waals surface area contributed by atoms with E-state index >= 15 is 0 Å². The standard InChI is InChI=1S/C20H19N3O3S2/c1-14-7-10-17(11-8-14)28(25,26)23-20-15(13-18(21)24)9-12-19(22-20)27-16-5-3-2-4-6-16/h2-12H,13H2,1H3,(H2,21,24)(H,22,23). The van der Waals surface area contributed by atoms with Gasteiger partial charge in [0.25, 0.3) is 10.0 Å². The number of benzene rings is 2. The van der Waals surface area contributed by atoms with Crippen molar-refractivity contribution in [1.82, 2.24) is 4.98 Å². The second-order valence-electron chi connectivity index (χ2n) is 6.13. The minimum absolute atomic E-state index is 0.0975. The fourth-order valence-electron chi connectivity index (χ4n) is 2.46. The van der Waals surface area contributed by atoms with Gasteiger partial charge in [-0.15, -0.1) is 0 Å². The molecule has 0 saturated carbocycles. The maximum Gasteiger partial charge on any atom is 0.263 e. The number of anilines is 1. The number of hydrogen-bond donors (Lipinski definition) is 2. The first-order valence-corrected chi connectivity index (χ1v) is 10.7. The second-order valence-corrected chi connectivity index (χ2v) is 8.91. The molecule has 0 aliphatic heterocycles. The van der Waals surface area contributed by atoms with Crippen LogP contribution >= 0.6 is 11.8 Å². The molecule has 28 heavy (non-hydrogen) atoms. The van der Waals surface area contributed by atoms with Crippen molar-refractivity contribution in [2.24, 2.45) is 5.73 Å². The van der Waals surface area contributed by atoms with Crippen molar-refractivity contribution in [3.05, 3.63) is 77.9 Å². The zero-order valence-corrected chi connectivity index (χ0v) is 16.8. The lowest BCUT2D eigenvalue weighted by Crippen LogP contribution is -2.19. The molecule has 0 saturated heterocycles. The monoisotopic (exact) mass is 413 g/mol. The summed E-state index contributed by atoms with van der Waals surface area (Å²) < 4.78 is 28.0. The summed E-state index contributed by atoms with van der Waals surface area (Å²) in [6, 6.07) is 19.5. The Balaban J connectivity index is 1.94. The Morgan fingerprint density at radius 1 is 1.04 bits per heavy atom. The van der Waals surface area contributed by atoms with Crippen LogP contribution in [0.2, 0.25) is 0 Å². The van der Waals surface area contributed by atoms with E-state index in [1.54, 1.807) is 24.3 Å². The number of amides is 1. The third-order valence-corrected chi connectivity index (χ3v) is 6.15. The number of rotatable bonds is 7. The topological polar surface area (TPSA) is 102 Å². The highest BCUT2D eigenvalue weighted by molar-refractivity contribution is 7.99. The average molecular weight is 414 g/mol. The zero-order chi connectivity index (χ0) is 20.1. The number of primary amides is 1. The summed E-state index contributed by atoms with van der Waals surface area (Å²) >= 11 is 1.39. The number of sulfonamides is 1. The molecule has 0 radical (unpaired) electrons. The lowest BCUT2D eigenvalue weighted by Gasteiger charge is -2.13. The van der Waals surface area contributed by atoms with Crippen LogP contribution in [0.1, 0.15) is 11.1 Å². The van der Waals surface area contributed by atoms with E-state index in [1.807, 2.05) is 37.3 Å². The first-order chi connectivity index (χ1) is 13.3. The number of nitrogens with two attached hydrogens (primary N) is 1. The Morgan fingerprint density at radius 2 is 1.71 bits per heavy atom. The third-order valence-electron chi connectivity index (χ3n) is 3.85. The Bertz CT molecular complexity index is 1080. The summed E-state index contributed by atoms with van der Waals surface area (Å²) in [6.45, 7) is 1.88. The quantitative estimate of drug-likeness (QED) is 0.618. The van der Waals surface area contributed by atoms with Crippen molar-refractivity contribution in [2.75, 3.05) is 4.72 Å². The molecule has 0 unspecified atom stereocenters. The van der Waals surface area contributed by atoms with Gasteiger partial charge in [0.2, 0.25) is 5.91 Å². The molecule has 1 heterocycles. The van der Waals surface area contributed by atoms with Crippen LogP contribution in [0.25, 0.3) is 0 Å². The lowest BCUT2D eigenvalue weighted by atomic mass is 10.2. The Morgan fingerprint density at radius 3 is 2.36 bits per heavy atom. The summed E-state index contributed by atoms with van der Waals surface area (Å²) in [5.41, 5.74) is 6.67. The van der Waals surface area contributed by atoms with Crippen LogP contribution in [0.3, 0.4) is 0 Å². The largest absolute Gasteiger partial charge is 0.369 e. The van der Waals surface area contributed by atoms with Crippen LogP contribution in [0, 0.1) is 6.92 Å². The van der Waals surface area contributed by atoms with Crippen LogP contribution in [-0.2, 0) is 21.2 Å².